The first-order valence-electron chi connectivity index (χ1n) is 13.3. The first-order valence-corrected chi connectivity index (χ1v) is 13.3. The number of nitrogens with two attached hydrogens (primary N) is 2. The Bertz CT molecular complexity index is 1160. The van der Waals surface area contributed by atoms with Gasteiger partial charge in [0.2, 0.25) is 0 Å². The van der Waals surface area contributed by atoms with Gasteiger partial charge in [-0.25, -0.2) is 10.7 Å². The maximum Gasteiger partial charge on any atom is 0.478 e. The van der Waals surface area contributed by atoms with Crippen LogP contribution in [0.3, 0.4) is 0 Å². The molecule has 1 aromatic carbocycles. The number of carbonyl (C=O) groups is 1. The normalized spacial score (nSPS) is 25.3. The first kappa shape index (κ1) is 32.4. The van der Waals surface area contributed by atoms with E-state index < -0.39 is 36.5 Å². The van der Waals surface area contributed by atoms with Crippen LogP contribution in [0.15, 0.2) is 36.5 Å². The number of esters is 1. The van der Waals surface area contributed by atoms with Gasteiger partial charge in [0, 0.05) is 38.4 Å². The van der Waals surface area contributed by atoms with Gasteiger partial charge in [-0.15, -0.1) is 4.39 Å². The average Bonchev–Trinajstić information content (AvgIpc) is 3.26. The average molecular weight is 581 g/mol. The molecule has 1 aromatic heterocycles. The highest BCUT2D eigenvalue weighted by molar-refractivity contribution is 5.77. The highest BCUT2D eigenvalue weighted by Crippen LogP contribution is 2.40. The minimum absolute atomic E-state index is 0.198. The van der Waals surface area contributed by atoms with E-state index in [2.05, 4.69) is 15.6 Å². The number of nitrogens with zero attached hydrogens (tertiary/aromatic N) is 2. The van der Waals surface area contributed by atoms with Gasteiger partial charge >= 0.3 is 12.1 Å². The molecule has 3 heterocycles. The Morgan fingerprint density at radius 3 is 2.61 bits per heavy atom. The van der Waals surface area contributed by atoms with Gasteiger partial charge < -0.3 is 40.2 Å². The number of aromatic nitrogens is 1. The van der Waals surface area contributed by atoms with E-state index in [4.69, 9.17) is 35.5 Å². The number of nitrogens with one attached hydrogen (secondary N) is 2. The van der Waals surface area contributed by atoms with Gasteiger partial charge in [-0.3, -0.25) is 15.0 Å². The maximum atomic E-state index is 13.8. The molecule has 1 fully saturated rings. The van der Waals surface area contributed by atoms with E-state index in [1.165, 1.54) is 0 Å². The van der Waals surface area contributed by atoms with E-state index >= 15 is 0 Å². The fourth-order valence-corrected chi connectivity index (χ4v) is 4.81. The molecule has 4 rings (SSSR count). The minimum Gasteiger partial charge on any atom is -0.465 e. The molecular formula is C27H41FN6O7. The summed E-state index contributed by atoms with van der Waals surface area (Å²) in [5.41, 5.74) is 12.9. The summed E-state index contributed by atoms with van der Waals surface area (Å²) in [7, 11) is 2.56. The second kappa shape index (κ2) is 14.2. The zero-order chi connectivity index (χ0) is 30.3. The number of fused-ring (bicyclic) bond motifs is 1. The number of hydrogen-bond donors (Lipinski definition) is 6. The maximum absolute atomic E-state index is 13.8. The number of pyridine rings is 1. The molecule has 41 heavy (non-hydrogen) atoms. The fraction of sp³-hybridized carbons (Fsp3) is 0.556. The van der Waals surface area contributed by atoms with Crippen LogP contribution < -0.4 is 31.6 Å². The van der Waals surface area contributed by atoms with Gasteiger partial charge in [-0.2, -0.15) is 0 Å². The Labute approximate surface area is 238 Å². The number of hydrogen-bond acceptors (Lipinski definition) is 13. The standard InChI is InChI=1S/C26H37FN6O6.CH4O/c1-5-37-25(35)22-18(10-16-8-9-30-21(11-16)32-23(36-4)14(2)28)24(34)33(22)13-31-15(3)17-6-7-19-20(12-17)39-26(27,29)38-19;1-2/h6-9,11-12,14-15,18,22-24,31,34H,5,10,13,28-29H2,1-4H3,(H,30,32);2H,1H3/t14?,15?,18-,22?,23?,24?,26?;/m1./s1. The van der Waals surface area contributed by atoms with Gasteiger partial charge in [0.25, 0.3) is 0 Å². The van der Waals surface area contributed by atoms with Crippen LogP contribution in [0.5, 0.6) is 11.5 Å². The van der Waals surface area contributed by atoms with Crippen LogP contribution in [-0.2, 0) is 20.7 Å². The van der Waals surface area contributed by atoms with Gasteiger partial charge in [0.15, 0.2) is 11.5 Å². The van der Waals surface area contributed by atoms with Crippen LogP contribution in [0, 0.1) is 5.92 Å². The second-order valence-electron chi connectivity index (χ2n) is 9.78. The van der Waals surface area contributed by atoms with Crippen molar-refractivity contribution in [1.29, 1.82) is 0 Å². The van der Waals surface area contributed by atoms with E-state index in [-0.39, 0.29) is 36.9 Å². The van der Waals surface area contributed by atoms with E-state index in [0.717, 1.165) is 18.2 Å². The summed E-state index contributed by atoms with van der Waals surface area (Å²) in [5, 5.41) is 24.5. The predicted octanol–water partition coefficient (Wildman–Crippen LogP) is 0.765. The molecule has 6 unspecified atom stereocenters. The fourth-order valence-electron chi connectivity index (χ4n) is 4.81. The lowest BCUT2D eigenvalue weighted by atomic mass is 9.81. The van der Waals surface area contributed by atoms with Crippen molar-refractivity contribution < 1.29 is 38.3 Å². The number of benzene rings is 1. The molecule has 0 spiro atoms. The molecule has 1 saturated heterocycles. The SMILES string of the molecule is CCOC(=O)C1[C@@H](Cc2ccnc(NC(OC)C(C)N)c2)C(O)N1CNC(C)c1ccc2c(c1)OC(N)(F)O2.CO. The Kier molecular flexibility index (Phi) is 11.2. The van der Waals surface area contributed by atoms with Gasteiger partial charge in [-0.05, 0) is 62.6 Å². The van der Waals surface area contributed by atoms with E-state index in [9.17, 15) is 14.3 Å². The number of ether oxygens (including phenoxy) is 4. The highest BCUT2D eigenvalue weighted by Gasteiger charge is 2.52. The second-order valence-corrected chi connectivity index (χ2v) is 9.78. The zero-order valence-corrected chi connectivity index (χ0v) is 23.9. The number of aliphatic hydroxyl groups excluding tert-OH is 2. The lowest BCUT2D eigenvalue weighted by Crippen LogP contribution is -2.69. The van der Waals surface area contributed by atoms with Crippen molar-refractivity contribution >= 4 is 11.8 Å². The predicted molar refractivity (Wildman–Crippen MR) is 148 cm³/mol. The summed E-state index contributed by atoms with van der Waals surface area (Å²) in [6, 6.07) is 7.51. The van der Waals surface area contributed by atoms with Crippen molar-refractivity contribution in [3.63, 3.8) is 0 Å². The lowest BCUT2D eigenvalue weighted by molar-refractivity contribution is -0.203. The molecule has 0 amide bonds. The molecule has 0 radical (unpaired) electrons. The Hall–Kier alpha value is -3.11. The first-order chi connectivity index (χ1) is 19.5. The number of halogens is 1. The third-order valence-corrected chi connectivity index (χ3v) is 6.88. The number of anilines is 1. The smallest absolute Gasteiger partial charge is 0.465 e. The van der Waals surface area contributed by atoms with Crippen LogP contribution in [0.2, 0.25) is 0 Å². The van der Waals surface area contributed by atoms with Crippen LogP contribution in [0.1, 0.15) is 37.9 Å². The molecule has 0 saturated carbocycles. The zero-order valence-electron chi connectivity index (χ0n) is 23.9. The van der Waals surface area contributed by atoms with Crippen molar-refractivity contribution in [2.45, 2.75) is 63.9 Å². The number of rotatable bonds is 12. The molecule has 8 N–H and O–H groups in total. The van der Waals surface area contributed by atoms with Crippen LogP contribution in [0.25, 0.3) is 0 Å². The van der Waals surface area contributed by atoms with E-state index in [1.807, 2.05) is 26.0 Å². The van der Waals surface area contributed by atoms with Gasteiger partial charge in [0.05, 0.1) is 13.3 Å². The summed E-state index contributed by atoms with van der Waals surface area (Å²) in [4.78, 5) is 18.8. The Morgan fingerprint density at radius 2 is 1.95 bits per heavy atom. The van der Waals surface area contributed by atoms with Crippen molar-refractivity contribution in [1.82, 2.24) is 15.2 Å². The van der Waals surface area contributed by atoms with Gasteiger partial charge in [0.1, 0.15) is 24.3 Å². The monoisotopic (exact) mass is 580 g/mol. The van der Waals surface area contributed by atoms with Crippen molar-refractivity contribution in [3.8, 4) is 11.5 Å². The van der Waals surface area contributed by atoms with Crippen molar-refractivity contribution in [3.05, 3.63) is 47.7 Å². The number of likely N-dealkylation sites (tertiary alicyclic amines) is 1. The molecule has 0 bridgehead atoms. The summed E-state index contributed by atoms with van der Waals surface area (Å²) in [6.07, 6.45) is -1.92. The van der Waals surface area contributed by atoms with Crippen LogP contribution >= 0.6 is 0 Å². The van der Waals surface area contributed by atoms with E-state index in [1.54, 1.807) is 43.3 Å². The highest BCUT2D eigenvalue weighted by atomic mass is 19.2. The molecule has 7 atom stereocenters. The number of alkyl halides is 1. The van der Waals surface area contributed by atoms with Crippen LogP contribution in [-0.4, -0.2) is 84.3 Å². The molecule has 228 valence electrons. The Balaban J connectivity index is 0.00000226. The number of methoxy groups -OCH3 is 1. The van der Waals surface area contributed by atoms with E-state index in [0.29, 0.717) is 12.2 Å². The summed E-state index contributed by atoms with van der Waals surface area (Å²) in [5.74, 6) is 0.189. The number of carbonyl (C=O) groups excluding carboxylic acids is 1. The summed E-state index contributed by atoms with van der Waals surface area (Å²) >= 11 is 0. The molecule has 2 aliphatic heterocycles. The third-order valence-electron chi connectivity index (χ3n) is 6.88. The molecule has 2 aromatic rings. The Morgan fingerprint density at radius 1 is 1.24 bits per heavy atom. The van der Waals surface area contributed by atoms with Crippen molar-refractivity contribution in [2.24, 2.45) is 17.4 Å². The van der Waals surface area contributed by atoms with Crippen LogP contribution in [0.4, 0.5) is 10.2 Å². The lowest BCUT2D eigenvalue weighted by Gasteiger charge is -2.51. The largest absolute Gasteiger partial charge is 0.478 e. The molecular weight excluding hydrogens is 539 g/mol. The molecule has 0 aliphatic carbocycles. The summed E-state index contributed by atoms with van der Waals surface area (Å²) < 4.78 is 34.4. The third kappa shape index (κ3) is 7.80. The molecule has 2 aliphatic rings. The molecule has 14 heteroatoms. The van der Waals surface area contributed by atoms with Crippen molar-refractivity contribution in [2.75, 3.05) is 32.8 Å². The quantitative estimate of drug-likeness (QED) is 0.117. The minimum atomic E-state index is -2.69. The summed E-state index contributed by atoms with van der Waals surface area (Å²) in [6.45, 7) is 5.89. The topological polar surface area (TPSA) is 187 Å². The molecule has 13 nitrogen and oxygen atoms in total. The number of aliphatic hydroxyl groups is 2. The van der Waals surface area contributed by atoms with Gasteiger partial charge in [-0.1, -0.05) is 6.07 Å².